The summed E-state index contributed by atoms with van der Waals surface area (Å²) in [6.45, 7) is 0. The molecule has 1 unspecified atom stereocenters. The van der Waals surface area contributed by atoms with Gasteiger partial charge in [0.25, 0.3) is 0 Å². The molecule has 1 aromatic heterocycles. The van der Waals surface area contributed by atoms with Gasteiger partial charge in [-0.15, -0.1) is 0 Å². The minimum Gasteiger partial charge on any atom is -0.361 e. The van der Waals surface area contributed by atoms with Gasteiger partial charge >= 0.3 is 5.69 Å². The van der Waals surface area contributed by atoms with Crippen LogP contribution in [0.5, 0.6) is 0 Å². The van der Waals surface area contributed by atoms with Gasteiger partial charge < -0.3 is 5.32 Å². The maximum absolute atomic E-state index is 11.5. The van der Waals surface area contributed by atoms with Crippen molar-refractivity contribution in [3.8, 4) is 0 Å². The van der Waals surface area contributed by atoms with Crippen LogP contribution in [-0.2, 0) is 9.84 Å². The third-order valence-corrected chi connectivity index (χ3v) is 4.87. The van der Waals surface area contributed by atoms with Gasteiger partial charge in [-0.3, -0.25) is 10.1 Å². The molecule has 1 aliphatic heterocycles. The fourth-order valence-electron chi connectivity index (χ4n) is 2.01. The van der Waals surface area contributed by atoms with Crippen LogP contribution in [-0.4, -0.2) is 35.9 Å². The number of nitrogens with one attached hydrogen (secondary N) is 1. The van der Waals surface area contributed by atoms with E-state index in [0.717, 1.165) is 0 Å². The first-order valence-electron chi connectivity index (χ1n) is 5.65. The van der Waals surface area contributed by atoms with Crippen molar-refractivity contribution < 1.29 is 13.3 Å². The zero-order valence-electron chi connectivity index (χ0n) is 9.87. The van der Waals surface area contributed by atoms with Crippen LogP contribution in [0.25, 0.3) is 0 Å². The van der Waals surface area contributed by atoms with Gasteiger partial charge in [0.15, 0.2) is 9.84 Å². The quantitative estimate of drug-likeness (QED) is 0.517. The molecule has 7 nitrogen and oxygen atoms in total. The van der Waals surface area contributed by atoms with Gasteiger partial charge in [0.05, 0.1) is 16.4 Å². The summed E-state index contributed by atoms with van der Waals surface area (Å²) in [7, 11) is -3.09. The molecule has 0 aliphatic carbocycles. The molecular weight excluding hydrogens is 294 g/mol. The van der Waals surface area contributed by atoms with Crippen molar-refractivity contribution in [2.45, 2.75) is 18.9 Å². The second kappa shape index (κ2) is 5.30. The number of hydrogen-bond acceptors (Lipinski definition) is 6. The third kappa shape index (κ3) is 3.54. The van der Waals surface area contributed by atoms with Crippen LogP contribution in [0.4, 0.5) is 11.5 Å². The molecule has 1 aromatic rings. The maximum Gasteiger partial charge on any atom is 0.311 e. The highest BCUT2D eigenvalue weighted by atomic mass is 35.5. The summed E-state index contributed by atoms with van der Waals surface area (Å²) in [6.07, 6.45) is 1.17. The Morgan fingerprint density at radius 3 is 2.84 bits per heavy atom. The van der Waals surface area contributed by atoms with Crippen LogP contribution >= 0.6 is 11.6 Å². The van der Waals surface area contributed by atoms with Crippen LogP contribution < -0.4 is 5.32 Å². The van der Waals surface area contributed by atoms with E-state index in [0.29, 0.717) is 12.8 Å². The molecule has 0 radical (unpaired) electrons. The Morgan fingerprint density at radius 1 is 1.47 bits per heavy atom. The molecule has 1 atom stereocenters. The molecule has 0 spiro atoms. The van der Waals surface area contributed by atoms with Gasteiger partial charge in [0.2, 0.25) is 5.82 Å². The summed E-state index contributed by atoms with van der Waals surface area (Å²) < 4.78 is 23.0. The summed E-state index contributed by atoms with van der Waals surface area (Å²) in [6, 6.07) is 2.20. The number of hydrogen-bond donors (Lipinski definition) is 1. The monoisotopic (exact) mass is 305 g/mol. The van der Waals surface area contributed by atoms with E-state index in [1.54, 1.807) is 0 Å². The van der Waals surface area contributed by atoms with Crippen molar-refractivity contribution in [1.29, 1.82) is 0 Å². The van der Waals surface area contributed by atoms with Crippen molar-refractivity contribution in [1.82, 2.24) is 4.98 Å². The molecule has 2 rings (SSSR count). The smallest absolute Gasteiger partial charge is 0.311 e. The van der Waals surface area contributed by atoms with Crippen molar-refractivity contribution in [3.63, 3.8) is 0 Å². The Bertz CT molecular complexity index is 605. The van der Waals surface area contributed by atoms with E-state index in [4.69, 9.17) is 11.6 Å². The minimum absolute atomic E-state index is 0.0135. The summed E-state index contributed by atoms with van der Waals surface area (Å²) in [4.78, 5) is 14.1. The average molecular weight is 306 g/mol. The minimum atomic E-state index is -3.09. The summed E-state index contributed by atoms with van der Waals surface area (Å²) >= 11 is 5.70. The normalized spacial score (nSPS) is 21.8. The van der Waals surface area contributed by atoms with Crippen LogP contribution in [0.15, 0.2) is 12.1 Å². The second-order valence-corrected chi connectivity index (χ2v) is 6.97. The Labute approximate surface area is 115 Å². The Kier molecular flexibility index (Phi) is 3.91. The molecule has 1 N–H and O–H groups in total. The highest BCUT2D eigenvalue weighted by Crippen LogP contribution is 2.26. The molecule has 2 heterocycles. The second-order valence-electron chi connectivity index (χ2n) is 4.36. The molecule has 9 heteroatoms. The fourth-order valence-corrected chi connectivity index (χ4v) is 3.80. The lowest BCUT2D eigenvalue weighted by Gasteiger charge is -2.23. The van der Waals surface area contributed by atoms with E-state index in [1.165, 1.54) is 12.1 Å². The van der Waals surface area contributed by atoms with E-state index >= 15 is 0 Å². The Morgan fingerprint density at radius 2 is 2.21 bits per heavy atom. The van der Waals surface area contributed by atoms with Crippen LogP contribution in [0.1, 0.15) is 12.8 Å². The van der Waals surface area contributed by atoms with Crippen LogP contribution in [0.3, 0.4) is 0 Å². The highest BCUT2D eigenvalue weighted by Gasteiger charge is 2.27. The van der Waals surface area contributed by atoms with E-state index < -0.39 is 14.8 Å². The summed E-state index contributed by atoms with van der Waals surface area (Å²) in [5.74, 6) is 0.133. The largest absolute Gasteiger partial charge is 0.361 e. The molecule has 1 saturated heterocycles. The molecule has 0 aromatic carbocycles. The van der Waals surface area contributed by atoms with Gasteiger partial charge in [-0.25, -0.2) is 13.4 Å². The van der Waals surface area contributed by atoms with Gasteiger partial charge in [-0.2, -0.15) is 0 Å². The zero-order valence-corrected chi connectivity index (χ0v) is 11.4. The first-order chi connectivity index (χ1) is 8.87. The van der Waals surface area contributed by atoms with Gasteiger partial charge in [-0.05, 0) is 18.9 Å². The third-order valence-electron chi connectivity index (χ3n) is 2.84. The Hall–Kier alpha value is -1.41. The molecule has 1 aliphatic rings. The van der Waals surface area contributed by atoms with Gasteiger partial charge in [-0.1, -0.05) is 11.6 Å². The summed E-state index contributed by atoms with van der Waals surface area (Å²) in [5.41, 5.74) is -0.215. The molecule has 0 amide bonds. The fraction of sp³-hybridized carbons (Fsp3) is 0.500. The predicted octanol–water partition coefficient (Wildman–Crippen LogP) is 1.63. The Balaban J connectivity index is 2.23. The topological polar surface area (TPSA) is 102 Å². The van der Waals surface area contributed by atoms with Crippen LogP contribution in [0.2, 0.25) is 5.15 Å². The SMILES string of the molecule is O=[N+]([O-])c1ccc(Cl)nc1NC1CCCS(=O)(=O)C1. The van der Waals surface area contributed by atoms with E-state index in [1.807, 2.05) is 0 Å². The van der Waals surface area contributed by atoms with Gasteiger partial charge in [0, 0.05) is 12.1 Å². The van der Waals surface area contributed by atoms with Crippen molar-refractivity contribution in [2.24, 2.45) is 0 Å². The van der Waals surface area contributed by atoms with Crippen molar-refractivity contribution in [3.05, 3.63) is 27.4 Å². The number of nitrogens with zero attached hydrogens (tertiary/aromatic N) is 2. The lowest BCUT2D eigenvalue weighted by atomic mass is 10.2. The number of pyridine rings is 1. The number of rotatable bonds is 3. The molecule has 0 saturated carbocycles. The van der Waals surface area contributed by atoms with E-state index in [2.05, 4.69) is 10.3 Å². The highest BCUT2D eigenvalue weighted by molar-refractivity contribution is 7.91. The average Bonchev–Trinajstić information content (AvgIpc) is 2.27. The first kappa shape index (κ1) is 14.0. The molecule has 1 fully saturated rings. The number of aromatic nitrogens is 1. The van der Waals surface area contributed by atoms with Gasteiger partial charge in [0.1, 0.15) is 5.15 Å². The van der Waals surface area contributed by atoms with Crippen molar-refractivity contribution >= 4 is 32.9 Å². The molecule has 104 valence electrons. The maximum atomic E-state index is 11.5. The first-order valence-corrected chi connectivity index (χ1v) is 7.85. The number of anilines is 1. The van der Waals surface area contributed by atoms with E-state index in [9.17, 15) is 18.5 Å². The van der Waals surface area contributed by atoms with Crippen LogP contribution in [0, 0.1) is 10.1 Å². The zero-order chi connectivity index (χ0) is 14.0. The van der Waals surface area contributed by atoms with E-state index in [-0.39, 0.29) is 34.2 Å². The number of halogens is 1. The summed E-state index contributed by atoms with van der Waals surface area (Å²) in [5, 5.41) is 13.8. The predicted molar refractivity (Wildman–Crippen MR) is 71.2 cm³/mol. The standard InChI is InChI=1S/C10H12ClN3O4S/c11-9-4-3-8(14(15)16)10(13-9)12-7-2-1-5-19(17,18)6-7/h3-4,7H,1-2,5-6H2,(H,12,13). The lowest BCUT2D eigenvalue weighted by molar-refractivity contribution is -0.384. The molecular formula is C10H12ClN3O4S. The molecule has 0 bridgehead atoms. The lowest BCUT2D eigenvalue weighted by Crippen LogP contribution is -2.35. The number of sulfone groups is 1. The molecule has 19 heavy (non-hydrogen) atoms. The van der Waals surface area contributed by atoms with Crippen molar-refractivity contribution in [2.75, 3.05) is 16.8 Å². The number of nitro groups is 1.